The van der Waals surface area contributed by atoms with E-state index < -0.39 is 0 Å². The number of hydrogen-bond acceptors (Lipinski definition) is 4. The van der Waals surface area contributed by atoms with Gasteiger partial charge in [-0.3, -0.25) is 4.79 Å². The molecule has 3 rings (SSSR count). The lowest BCUT2D eigenvalue weighted by molar-refractivity contribution is -0.118. The number of rotatable bonds is 4. The number of anilines is 1. The fourth-order valence-corrected chi connectivity index (χ4v) is 2.32. The third-order valence-corrected chi connectivity index (χ3v) is 3.49. The second-order valence-electron chi connectivity index (χ2n) is 5.15. The molecule has 3 aromatic rings. The average molecular weight is 318 g/mol. The van der Waals surface area contributed by atoms with Crippen molar-refractivity contribution in [1.29, 1.82) is 5.26 Å². The van der Waals surface area contributed by atoms with Crippen LogP contribution in [0.25, 0.3) is 0 Å². The molecule has 0 aliphatic heterocycles. The number of carbonyl (C=O) groups is 1. The number of carbonyl (C=O) groups excluding carboxylic acids is 1. The van der Waals surface area contributed by atoms with Gasteiger partial charge in [0.05, 0.1) is 23.7 Å². The van der Waals surface area contributed by atoms with E-state index in [1.165, 1.54) is 11.3 Å². The lowest BCUT2D eigenvalue weighted by atomic mass is 10.1. The van der Waals surface area contributed by atoms with Gasteiger partial charge in [0.15, 0.2) is 0 Å². The molecule has 0 fully saturated rings. The number of aromatic hydroxyl groups is 1. The normalized spacial score (nSPS) is 10.1. The van der Waals surface area contributed by atoms with Crippen LogP contribution in [0.15, 0.2) is 67.3 Å². The number of aromatic nitrogens is 2. The summed E-state index contributed by atoms with van der Waals surface area (Å²) in [5.74, 6) is -0.00634. The maximum atomic E-state index is 12.8. The topological polar surface area (TPSA) is 82.1 Å². The molecule has 0 saturated heterocycles. The van der Waals surface area contributed by atoms with Crippen LogP contribution in [0, 0.1) is 11.3 Å². The largest absolute Gasteiger partial charge is 0.508 e. The molecule has 1 aromatic heterocycles. The molecule has 0 spiro atoms. The van der Waals surface area contributed by atoms with E-state index in [9.17, 15) is 9.90 Å². The van der Waals surface area contributed by atoms with Crippen molar-refractivity contribution < 1.29 is 9.90 Å². The van der Waals surface area contributed by atoms with E-state index in [4.69, 9.17) is 5.26 Å². The number of nitrogens with zero attached hydrogens (tertiary/aromatic N) is 4. The smallest absolute Gasteiger partial charge is 0.250 e. The van der Waals surface area contributed by atoms with Gasteiger partial charge in [0.2, 0.25) is 0 Å². The van der Waals surface area contributed by atoms with E-state index in [0.29, 0.717) is 11.3 Å². The van der Waals surface area contributed by atoms with Crippen LogP contribution in [0.3, 0.4) is 0 Å². The molecule has 1 heterocycles. The Hall–Kier alpha value is -3.59. The third-order valence-electron chi connectivity index (χ3n) is 3.49. The van der Waals surface area contributed by atoms with E-state index in [2.05, 4.69) is 11.1 Å². The average Bonchev–Trinajstić information content (AvgIpc) is 3.12. The van der Waals surface area contributed by atoms with Crippen molar-refractivity contribution in [1.82, 2.24) is 9.66 Å². The van der Waals surface area contributed by atoms with Crippen LogP contribution in [0.2, 0.25) is 0 Å². The minimum absolute atomic E-state index is 0.157. The number of imidazole rings is 1. The van der Waals surface area contributed by atoms with Gasteiger partial charge in [-0.1, -0.05) is 12.1 Å². The standard InChI is InChI=1S/C18H14N4O2/c19-12-15-1-5-16(6-2-15)22(21-10-9-20-13-21)18(24)11-14-3-7-17(23)8-4-14/h1-10,13,23H,11H2. The van der Waals surface area contributed by atoms with E-state index >= 15 is 0 Å². The summed E-state index contributed by atoms with van der Waals surface area (Å²) < 4.78 is 1.59. The van der Waals surface area contributed by atoms with Crippen LogP contribution < -0.4 is 5.01 Å². The molecule has 0 atom stereocenters. The molecular weight excluding hydrogens is 304 g/mol. The first-order valence-corrected chi connectivity index (χ1v) is 7.26. The first-order chi connectivity index (χ1) is 11.7. The van der Waals surface area contributed by atoms with Crippen molar-refractivity contribution in [2.24, 2.45) is 0 Å². The maximum absolute atomic E-state index is 12.8. The van der Waals surface area contributed by atoms with E-state index in [0.717, 1.165) is 5.56 Å². The Bertz CT molecular complexity index is 863. The predicted octanol–water partition coefficient (Wildman–Crippen LogP) is 2.50. The van der Waals surface area contributed by atoms with Crippen LogP contribution in [-0.2, 0) is 11.2 Å². The first kappa shape index (κ1) is 15.3. The van der Waals surface area contributed by atoms with Crippen LogP contribution in [0.1, 0.15) is 11.1 Å². The summed E-state index contributed by atoms with van der Waals surface area (Å²) in [4.78, 5) is 16.8. The Morgan fingerprint density at radius 3 is 2.46 bits per heavy atom. The number of amides is 1. The number of benzene rings is 2. The molecule has 0 unspecified atom stereocenters. The summed E-state index contributed by atoms with van der Waals surface area (Å²) in [7, 11) is 0. The van der Waals surface area contributed by atoms with Gasteiger partial charge in [0.1, 0.15) is 12.1 Å². The van der Waals surface area contributed by atoms with Crippen molar-refractivity contribution >= 4 is 11.6 Å². The van der Waals surface area contributed by atoms with Crippen LogP contribution in [-0.4, -0.2) is 20.7 Å². The second kappa shape index (κ2) is 6.67. The quantitative estimate of drug-likeness (QED) is 0.801. The van der Waals surface area contributed by atoms with E-state index in [-0.39, 0.29) is 18.1 Å². The Morgan fingerprint density at radius 2 is 1.88 bits per heavy atom. The molecule has 0 radical (unpaired) electrons. The Labute approximate surface area is 138 Å². The zero-order valence-electron chi connectivity index (χ0n) is 12.7. The van der Waals surface area contributed by atoms with Gasteiger partial charge < -0.3 is 5.11 Å². The Kier molecular flexibility index (Phi) is 4.25. The molecule has 0 bridgehead atoms. The molecule has 118 valence electrons. The SMILES string of the molecule is N#Cc1ccc(N(C(=O)Cc2ccc(O)cc2)n2ccnc2)cc1. The van der Waals surface area contributed by atoms with Crippen molar-refractivity contribution in [3.63, 3.8) is 0 Å². The lowest BCUT2D eigenvalue weighted by Gasteiger charge is -2.23. The van der Waals surface area contributed by atoms with E-state index in [1.54, 1.807) is 65.6 Å². The third kappa shape index (κ3) is 3.25. The minimum atomic E-state index is -0.164. The molecule has 0 saturated carbocycles. The second-order valence-corrected chi connectivity index (χ2v) is 5.15. The highest BCUT2D eigenvalue weighted by Crippen LogP contribution is 2.18. The van der Waals surface area contributed by atoms with Gasteiger partial charge in [0, 0.05) is 12.4 Å². The zero-order chi connectivity index (χ0) is 16.9. The number of phenolic OH excluding ortho intramolecular Hbond substituents is 1. The maximum Gasteiger partial charge on any atom is 0.250 e. The number of phenols is 1. The van der Waals surface area contributed by atoms with Gasteiger partial charge in [-0.25, -0.2) is 14.7 Å². The summed E-state index contributed by atoms with van der Waals surface area (Å²) in [6, 6.07) is 15.3. The van der Waals surface area contributed by atoms with E-state index in [1.807, 2.05) is 0 Å². The highest BCUT2D eigenvalue weighted by atomic mass is 16.3. The van der Waals surface area contributed by atoms with Gasteiger partial charge >= 0.3 is 0 Å². The fraction of sp³-hybridized carbons (Fsp3) is 0.0556. The molecule has 0 aliphatic rings. The van der Waals surface area contributed by atoms with Gasteiger partial charge in [-0.2, -0.15) is 5.26 Å². The van der Waals surface area contributed by atoms with Crippen LogP contribution >= 0.6 is 0 Å². The summed E-state index contributed by atoms with van der Waals surface area (Å²) in [6.45, 7) is 0. The summed E-state index contributed by atoms with van der Waals surface area (Å²) >= 11 is 0. The highest BCUT2D eigenvalue weighted by Gasteiger charge is 2.18. The molecule has 6 heteroatoms. The summed E-state index contributed by atoms with van der Waals surface area (Å²) in [5, 5.41) is 19.7. The van der Waals surface area contributed by atoms with Crippen molar-refractivity contribution in [3.8, 4) is 11.8 Å². The molecule has 24 heavy (non-hydrogen) atoms. The molecule has 0 aliphatic carbocycles. The predicted molar refractivity (Wildman–Crippen MR) is 88.1 cm³/mol. The molecule has 6 nitrogen and oxygen atoms in total. The molecule has 2 aromatic carbocycles. The monoisotopic (exact) mass is 318 g/mol. The number of nitriles is 1. The fourth-order valence-electron chi connectivity index (χ4n) is 2.32. The van der Waals surface area contributed by atoms with Crippen molar-refractivity contribution in [3.05, 3.63) is 78.4 Å². The molecule has 1 amide bonds. The van der Waals surface area contributed by atoms with Crippen LogP contribution in [0.4, 0.5) is 5.69 Å². The molecular formula is C18H14N4O2. The lowest BCUT2D eigenvalue weighted by Crippen LogP contribution is -2.36. The van der Waals surface area contributed by atoms with Gasteiger partial charge in [-0.15, -0.1) is 0 Å². The molecule has 1 N–H and O–H groups in total. The minimum Gasteiger partial charge on any atom is -0.508 e. The number of hydrogen-bond donors (Lipinski definition) is 1. The Balaban J connectivity index is 1.91. The summed E-state index contributed by atoms with van der Waals surface area (Å²) in [5.41, 5.74) is 1.95. The van der Waals surface area contributed by atoms with Gasteiger partial charge in [-0.05, 0) is 42.0 Å². The van der Waals surface area contributed by atoms with Gasteiger partial charge in [0.25, 0.3) is 5.91 Å². The Morgan fingerprint density at radius 1 is 1.17 bits per heavy atom. The summed E-state index contributed by atoms with van der Waals surface area (Å²) in [6.07, 6.45) is 4.96. The van der Waals surface area contributed by atoms with Crippen molar-refractivity contribution in [2.45, 2.75) is 6.42 Å². The first-order valence-electron chi connectivity index (χ1n) is 7.26. The zero-order valence-corrected chi connectivity index (χ0v) is 12.7. The van der Waals surface area contributed by atoms with Crippen LogP contribution in [0.5, 0.6) is 5.75 Å². The van der Waals surface area contributed by atoms with Crippen molar-refractivity contribution in [2.75, 3.05) is 5.01 Å². The highest BCUT2D eigenvalue weighted by molar-refractivity contribution is 5.94.